The Morgan fingerprint density at radius 2 is 1.62 bits per heavy atom. The lowest BCUT2D eigenvalue weighted by atomic mass is 10.2. The van der Waals surface area contributed by atoms with Gasteiger partial charge in [-0.25, -0.2) is 9.97 Å². The van der Waals surface area contributed by atoms with Gasteiger partial charge in [0.15, 0.2) is 17.1 Å². The highest BCUT2D eigenvalue weighted by molar-refractivity contribution is 6.16. The van der Waals surface area contributed by atoms with Crippen molar-refractivity contribution in [2.75, 3.05) is 17.8 Å². The van der Waals surface area contributed by atoms with Gasteiger partial charge in [0.25, 0.3) is 5.91 Å². The summed E-state index contributed by atoms with van der Waals surface area (Å²) in [5.74, 6) is 1.10. The molecule has 0 radical (unpaired) electrons. The number of nitrogens with two attached hydrogens (primary N) is 1. The van der Waals surface area contributed by atoms with E-state index in [1.807, 2.05) is 54.6 Å². The van der Waals surface area contributed by atoms with Crippen LogP contribution in [0.3, 0.4) is 0 Å². The van der Waals surface area contributed by atoms with Gasteiger partial charge in [0.2, 0.25) is 6.79 Å². The third kappa shape index (κ3) is 2.81. The lowest BCUT2D eigenvalue weighted by molar-refractivity contribution is 0.102. The normalized spacial score (nSPS) is 12.4. The van der Waals surface area contributed by atoms with Crippen LogP contribution in [0.1, 0.15) is 10.4 Å². The van der Waals surface area contributed by atoms with Gasteiger partial charge < -0.3 is 20.5 Å². The maximum absolute atomic E-state index is 13.4. The molecule has 0 spiro atoms. The van der Waals surface area contributed by atoms with E-state index >= 15 is 0 Å². The number of carbonyl (C=O) groups is 1. The number of anilines is 2. The first-order valence-electron chi connectivity index (χ1n) is 10.0. The highest BCUT2D eigenvalue weighted by Crippen LogP contribution is 2.35. The second-order valence-electron chi connectivity index (χ2n) is 7.34. The number of nitrogens with zero attached hydrogens (tertiary/aromatic N) is 3. The summed E-state index contributed by atoms with van der Waals surface area (Å²) in [6.07, 6.45) is 0. The molecular weight excluding hydrogens is 406 g/mol. The molecule has 0 atom stereocenters. The SMILES string of the molecule is Nc1c(C(=O)Nc2ccc3c(c2)OCO3)c2nc3ccccc3nc2n1-c1ccccc1. The molecule has 0 fully saturated rings. The van der Waals surface area contributed by atoms with E-state index in [2.05, 4.69) is 5.32 Å². The summed E-state index contributed by atoms with van der Waals surface area (Å²) in [6, 6.07) is 22.3. The molecule has 3 N–H and O–H groups in total. The molecule has 0 saturated carbocycles. The number of para-hydroxylation sites is 3. The third-order valence-corrected chi connectivity index (χ3v) is 5.37. The van der Waals surface area contributed by atoms with E-state index in [4.69, 9.17) is 25.2 Å². The van der Waals surface area contributed by atoms with Gasteiger partial charge in [0.1, 0.15) is 16.9 Å². The van der Waals surface area contributed by atoms with Crippen LogP contribution in [0.15, 0.2) is 72.8 Å². The summed E-state index contributed by atoms with van der Waals surface area (Å²) in [5.41, 5.74) is 10.5. The van der Waals surface area contributed by atoms with Gasteiger partial charge in [0, 0.05) is 17.4 Å². The topological polar surface area (TPSA) is 104 Å². The van der Waals surface area contributed by atoms with Crippen molar-refractivity contribution >= 4 is 39.6 Å². The first-order chi connectivity index (χ1) is 15.7. The van der Waals surface area contributed by atoms with E-state index in [1.165, 1.54) is 0 Å². The monoisotopic (exact) mass is 423 g/mol. The van der Waals surface area contributed by atoms with Crippen LogP contribution in [0.5, 0.6) is 11.5 Å². The number of rotatable bonds is 3. The van der Waals surface area contributed by atoms with Gasteiger partial charge in [0.05, 0.1) is 11.0 Å². The number of nitrogen functional groups attached to an aromatic ring is 1. The number of amides is 1. The minimum atomic E-state index is -0.384. The molecule has 1 aliphatic heterocycles. The zero-order chi connectivity index (χ0) is 21.7. The zero-order valence-electron chi connectivity index (χ0n) is 16.8. The Hall–Kier alpha value is -4.59. The van der Waals surface area contributed by atoms with Crippen molar-refractivity contribution in [1.29, 1.82) is 0 Å². The fourth-order valence-corrected chi connectivity index (χ4v) is 3.89. The number of aromatic nitrogens is 3. The highest BCUT2D eigenvalue weighted by atomic mass is 16.7. The van der Waals surface area contributed by atoms with Crippen LogP contribution in [-0.2, 0) is 0 Å². The Morgan fingerprint density at radius 3 is 2.44 bits per heavy atom. The van der Waals surface area contributed by atoms with E-state index in [9.17, 15) is 4.79 Å². The third-order valence-electron chi connectivity index (χ3n) is 5.37. The minimum absolute atomic E-state index is 0.160. The highest BCUT2D eigenvalue weighted by Gasteiger charge is 2.25. The summed E-state index contributed by atoms with van der Waals surface area (Å²) < 4.78 is 12.5. The summed E-state index contributed by atoms with van der Waals surface area (Å²) in [6.45, 7) is 0.160. The predicted molar refractivity (Wildman–Crippen MR) is 121 cm³/mol. The van der Waals surface area contributed by atoms with Crippen LogP contribution in [0.2, 0.25) is 0 Å². The number of ether oxygens (including phenoxy) is 2. The molecule has 0 aliphatic carbocycles. The Morgan fingerprint density at radius 1 is 0.906 bits per heavy atom. The molecule has 156 valence electrons. The molecule has 8 nitrogen and oxygen atoms in total. The van der Waals surface area contributed by atoms with Gasteiger partial charge in [-0.15, -0.1) is 0 Å². The second-order valence-corrected chi connectivity index (χ2v) is 7.34. The smallest absolute Gasteiger partial charge is 0.261 e. The molecule has 0 saturated heterocycles. The van der Waals surface area contributed by atoms with Crippen molar-refractivity contribution in [3.8, 4) is 17.2 Å². The van der Waals surface area contributed by atoms with Crippen molar-refractivity contribution in [3.63, 3.8) is 0 Å². The van der Waals surface area contributed by atoms with Gasteiger partial charge in [-0.05, 0) is 36.4 Å². The summed E-state index contributed by atoms with van der Waals surface area (Å²) >= 11 is 0. The van der Waals surface area contributed by atoms with E-state index in [1.54, 1.807) is 22.8 Å². The first-order valence-corrected chi connectivity index (χ1v) is 10.0. The van der Waals surface area contributed by atoms with E-state index < -0.39 is 0 Å². The Balaban J connectivity index is 1.53. The van der Waals surface area contributed by atoms with E-state index in [-0.39, 0.29) is 24.1 Å². The molecule has 32 heavy (non-hydrogen) atoms. The van der Waals surface area contributed by atoms with Crippen molar-refractivity contribution in [1.82, 2.24) is 14.5 Å². The molecule has 1 aliphatic rings. The molecule has 0 unspecified atom stereocenters. The largest absolute Gasteiger partial charge is 0.454 e. The number of nitrogens with one attached hydrogen (secondary N) is 1. The van der Waals surface area contributed by atoms with Gasteiger partial charge >= 0.3 is 0 Å². The van der Waals surface area contributed by atoms with Crippen molar-refractivity contribution in [3.05, 3.63) is 78.4 Å². The van der Waals surface area contributed by atoms with E-state index in [0.717, 1.165) is 11.2 Å². The quantitative estimate of drug-likeness (QED) is 0.452. The summed E-state index contributed by atoms with van der Waals surface area (Å²) in [7, 11) is 0. The fourth-order valence-electron chi connectivity index (χ4n) is 3.89. The number of hydrogen-bond donors (Lipinski definition) is 2. The molecule has 5 aromatic rings. The molecule has 3 aromatic carbocycles. The van der Waals surface area contributed by atoms with Crippen LogP contribution in [0, 0.1) is 0 Å². The lowest BCUT2D eigenvalue weighted by Crippen LogP contribution is -2.14. The Bertz CT molecular complexity index is 1510. The first kappa shape index (κ1) is 18.2. The molecule has 1 amide bonds. The average Bonchev–Trinajstić information content (AvgIpc) is 3.39. The summed E-state index contributed by atoms with van der Waals surface area (Å²) in [5, 5.41) is 2.90. The number of benzene rings is 3. The van der Waals surface area contributed by atoms with Gasteiger partial charge in [-0.1, -0.05) is 30.3 Å². The predicted octanol–water partition coefficient (Wildman–Crippen LogP) is 4.14. The van der Waals surface area contributed by atoms with Crippen LogP contribution in [-0.4, -0.2) is 27.2 Å². The number of carbonyl (C=O) groups excluding carboxylic acids is 1. The maximum Gasteiger partial charge on any atom is 0.261 e. The maximum atomic E-state index is 13.4. The Kier molecular flexibility index (Phi) is 3.97. The average molecular weight is 423 g/mol. The zero-order valence-corrected chi connectivity index (χ0v) is 16.8. The molecule has 6 rings (SSSR count). The molecule has 0 bridgehead atoms. The fraction of sp³-hybridized carbons (Fsp3) is 0.0417. The van der Waals surface area contributed by atoms with Crippen molar-refractivity contribution in [2.24, 2.45) is 0 Å². The number of fused-ring (bicyclic) bond motifs is 3. The standard InChI is InChI=1S/C24H17N5O3/c25-22-20(24(30)26-14-10-11-18-19(12-14)32-13-31-18)21-23(29(22)15-6-2-1-3-7-15)28-17-9-5-4-8-16(17)27-21/h1-12H,13,25H2,(H,26,30). The van der Waals surface area contributed by atoms with E-state index in [0.29, 0.717) is 33.9 Å². The molecule has 3 heterocycles. The van der Waals surface area contributed by atoms with Crippen molar-refractivity contribution < 1.29 is 14.3 Å². The number of hydrogen-bond acceptors (Lipinski definition) is 6. The van der Waals surface area contributed by atoms with Crippen LogP contribution in [0.4, 0.5) is 11.5 Å². The lowest BCUT2D eigenvalue weighted by Gasteiger charge is -2.08. The van der Waals surface area contributed by atoms with Crippen LogP contribution < -0.4 is 20.5 Å². The minimum Gasteiger partial charge on any atom is -0.454 e. The second kappa shape index (κ2) is 6.98. The van der Waals surface area contributed by atoms with Crippen molar-refractivity contribution in [2.45, 2.75) is 0 Å². The van der Waals surface area contributed by atoms with Gasteiger partial charge in [-0.3, -0.25) is 9.36 Å². The molecular formula is C24H17N5O3. The Labute approximate surface area is 182 Å². The molecule has 8 heteroatoms. The summed E-state index contributed by atoms with van der Waals surface area (Å²) in [4.78, 5) is 22.9. The van der Waals surface area contributed by atoms with Crippen LogP contribution >= 0.6 is 0 Å². The van der Waals surface area contributed by atoms with Gasteiger partial charge in [-0.2, -0.15) is 0 Å². The molecule has 2 aromatic heterocycles. The van der Waals surface area contributed by atoms with Crippen LogP contribution in [0.25, 0.3) is 27.9 Å².